The molecule has 3 aromatic rings. The third-order valence-electron chi connectivity index (χ3n) is 4.85. The van der Waals surface area contributed by atoms with Crippen LogP contribution in [0.3, 0.4) is 0 Å². The number of hydrogen-bond donors (Lipinski definition) is 1. The molecule has 0 saturated heterocycles. The summed E-state index contributed by atoms with van der Waals surface area (Å²) in [6, 6.07) is 22.7. The zero-order valence-electron chi connectivity index (χ0n) is 15.4. The molecule has 28 heavy (non-hydrogen) atoms. The Balaban J connectivity index is 1.61. The van der Waals surface area contributed by atoms with E-state index in [9.17, 15) is 13.2 Å². The normalized spacial score (nSPS) is 13.2. The van der Waals surface area contributed by atoms with Crippen LogP contribution in [0.15, 0.2) is 72.8 Å². The highest BCUT2D eigenvalue weighted by atomic mass is 32.2. The first kappa shape index (κ1) is 18.3. The summed E-state index contributed by atoms with van der Waals surface area (Å²) >= 11 is 0. The molecule has 0 fully saturated rings. The maximum Gasteiger partial charge on any atom is 0.255 e. The quantitative estimate of drug-likeness (QED) is 0.732. The van der Waals surface area contributed by atoms with Crippen LogP contribution >= 0.6 is 0 Å². The van der Waals surface area contributed by atoms with Gasteiger partial charge in [0.15, 0.2) is 0 Å². The van der Waals surface area contributed by atoms with Crippen LogP contribution < -0.4 is 9.62 Å². The Morgan fingerprint density at radius 3 is 2.43 bits per heavy atom. The van der Waals surface area contributed by atoms with E-state index in [1.165, 1.54) is 10.6 Å². The van der Waals surface area contributed by atoms with E-state index in [0.29, 0.717) is 24.2 Å². The molecule has 0 aromatic heterocycles. The summed E-state index contributed by atoms with van der Waals surface area (Å²) in [6.45, 7) is 0.413. The van der Waals surface area contributed by atoms with E-state index in [1.54, 1.807) is 18.2 Å². The maximum absolute atomic E-state index is 12.8. The fourth-order valence-corrected chi connectivity index (χ4v) is 4.47. The summed E-state index contributed by atoms with van der Waals surface area (Å²) in [6.07, 6.45) is 1.80. The van der Waals surface area contributed by atoms with E-state index in [0.717, 1.165) is 22.4 Å². The van der Waals surface area contributed by atoms with Crippen molar-refractivity contribution in [3.05, 3.63) is 83.9 Å². The van der Waals surface area contributed by atoms with Gasteiger partial charge in [-0.1, -0.05) is 48.5 Å². The molecule has 1 heterocycles. The molecule has 0 radical (unpaired) electrons. The second-order valence-corrected chi connectivity index (χ2v) is 8.70. The van der Waals surface area contributed by atoms with Gasteiger partial charge in [-0.2, -0.15) is 0 Å². The van der Waals surface area contributed by atoms with Crippen LogP contribution in [0.4, 0.5) is 11.4 Å². The Kier molecular flexibility index (Phi) is 4.65. The van der Waals surface area contributed by atoms with E-state index in [1.807, 2.05) is 54.6 Å². The lowest BCUT2D eigenvalue weighted by Gasteiger charge is -2.16. The lowest BCUT2D eigenvalue weighted by Crippen LogP contribution is -2.27. The molecule has 3 aromatic carbocycles. The SMILES string of the molecule is CS(=O)(=O)N1CCc2cc(C(=O)Nc3ccccc3-c3ccccc3)ccc21. The molecular weight excluding hydrogens is 372 g/mol. The highest BCUT2D eigenvalue weighted by Gasteiger charge is 2.26. The van der Waals surface area contributed by atoms with Gasteiger partial charge in [-0.3, -0.25) is 9.10 Å². The minimum atomic E-state index is -3.30. The Labute approximate surface area is 164 Å². The zero-order valence-corrected chi connectivity index (χ0v) is 16.2. The molecule has 142 valence electrons. The topological polar surface area (TPSA) is 66.5 Å². The molecule has 0 atom stereocenters. The van der Waals surface area contributed by atoms with Crippen LogP contribution in [-0.4, -0.2) is 27.1 Å². The van der Waals surface area contributed by atoms with Gasteiger partial charge < -0.3 is 5.32 Å². The van der Waals surface area contributed by atoms with E-state index < -0.39 is 10.0 Å². The molecule has 4 rings (SSSR count). The van der Waals surface area contributed by atoms with Crippen LogP contribution in [0.25, 0.3) is 11.1 Å². The molecule has 0 unspecified atom stereocenters. The Hall–Kier alpha value is -3.12. The van der Waals surface area contributed by atoms with Gasteiger partial charge in [0.25, 0.3) is 5.91 Å². The molecule has 1 N–H and O–H groups in total. The smallest absolute Gasteiger partial charge is 0.255 e. The first-order chi connectivity index (χ1) is 13.4. The molecule has 1 aliphatic heterocycles. The van der Waals surface area contributed by atoms with E-state index >= 15 is 0 Å². The molecule has 5 nitrogen and oxygen atoms in total. The number of anilines is 2. The van der Waals surface area contributed by atoms with Gasteiger partial charge in [-0.05, 0) is 41.8 Å². The fourth-order valence-electron chi connectivity index (χ4n) is 3.51. The minimum absolute atomic E-state index is 0.219. The average Bonchev–Trinajstić information content (AvgIpc) is 3.13. The van der Waals surface area contributed by atoms with Gasteiger partial charge in [-0.25, -0.2) is 8.42 Å². The molecule has 1 amide bonds. The van der Waals surface area contributed by atoms with Crippen LogP contribution in [0.1, 0.15) is 15.9 Å². The maximum atomic E-state index is 12.8. The second-order valence-electron chi connectivity index (χ2n) is 6.79. The standard InChI is InChI=1S/C22H20N2O3S/c1-28(26,27)24-14-13-17-15-18(11-12-21(17)24)22(25)23-20-10-6-5-9-19(20)16-7-3-2-4-8-16/h2-12,15H,13-14H2,1H3,(H,23,25). The molecule has 0 saturated carbocycles. The van der Waals surface area contributed by atoms with Crippen molar-refractivity contribution in [3.8, 4) is 11.1 Å². The Bertz CT molecular complexity index is 1140. The predicted molar refractivity (Wildman–Crippen MR) is 112 cm³/mol. The number of carbonyl (C=O) groups excluding carboxylic acids is 1. The fraction of sp³-hybridized carbons (Fsp3) is 0.136. The summed E-state index contributed by atoms with van der Waals surface area (Å²) in [5, 5.41) is 2.99. The Morgan fingerprint density at radius 1 is 0.964 bits per heavy atom. The Morgan fingerprint density at radius 2 is 1.68 bits per heavy atom. The monoisotopic (exact) mass is 392 g/mol. The first-order valence-corrected chi connectivity index (χ1v) is 10.8. The lowest BCUT2D eigenvalue weighted by molar-refractivity contribution is 0.102. The van der Waals surface area contributed by atoms with Crippen molar-refractivity contribution in [2.75, 3.05) is 22.4 Å². The number of para-hydroxylation sites is 1. The number of nitrogens with one attached hydrogen (secondary N) is 1. The molecule has 0 bridgehead atoms. The number of benzene rings is 3. The number of fused-ring (bicyclic) bond motifs is 1. The zero-order chi connectivity index (χ0) is 19.7. The number of rotatable bonds is 4. The van der Waals surface area contributed by atoms with Crippen LogP contribution in [0.2, 0.25) is 0 Å². The van der Waals surface area contributed by atoms with Crippen molar-refractivity contribution in [2.45, 2.75) is 6.42 Å². The van der Waals surface area contributed by atoms with Crippen molar-refractivity contribution in [1.82, 2.24) is 0 Å². The molecule has 0 aliphatic carbocycles. The van der Waals surface area contributed by atoms with E-state index in [4.69, 9.17) is 0 Å². The van der Waals surface area contributed by atoms with Crippen molar-refractivity contribution in [2.24, 2.45) is 0 Å². The van der Waals surface area contributed by atoms with Gasteiger partial charge in [0.05, 0.1) is 11.9 Å². The molecule has 6 heteroatoms. The summed E-state index contributed by atoms with van der Waals surface area (Å²) in [5.41, 5.74) is 4.74. The van der Waals surface area contributed by atoms with Crippen molar-refractivity contribution >= 4 is 27.3 Å². The largest absolute Gasteiger partial charge is 0.321 e. The van der Waals surface area contributed by atoms with Crippen molar-refractivity contribution in [3.63, 3.8) is 0 Å². The number of amides is 1. The average molecular weight is 392 g/mol. The van der Waals surface area contributed by atoms with Gasteiger partial charge in [0.1, 0.15) is 0 Å². The molecule has 0 spiro atoms. The molecule has 1 aliphatic rings. The van der Waals surface area contributed by atoms with Crippen LogP contribution in [0.5, 0.6) is 0 Å². The number of sulfonamides is 1. The van der Waals surface area contributed by atoms with E-state index in [2.05, 4.69) is 5.32 Å². The summed E-state index contributed by atoms with van der Waals surface area (Å²) in [4.78, 5) is 12.8. The van der Waals surface area contributed by atoms with Gasteiger partial charge in [-0.15, -0.1) is 0 Å². The summed E-state index contributed by atoms with van der Waals surface area (Å²) in [7, 11) is -3.30. The van der Waals surface area contributed by atoms with Crippen molar-refractivity contribution < 1.29 is 13.2 Å². The minimum Gasteiger partial charge on any atom is -0.321 e. The van der Waals surface area contributed by atoms with Crippen LogP contribution in [0, 0.1) is 0 Å². The summed E-state index contributed by atoms with van der Waals surface area (Å²) in [5.74, 6) is -0.219. The van der Waals surface area contributed by atoms with Crippen molar-refractivity contribution in [1.29, 1.82) is 0 Å². The van der Waals surface area contributed by atoms with Gasteiger partial charge >= 0.3 is 0 Å². The number of nitrogens with zero attached hydrogens (tertiary/aromatic N) is 1. The number of hydrogen-bond acceptors (Lipinski definition) is 3. The predicted octanol–water partition coefficient (Wildman–Crippen LogP) is 3.93. The second kappa shape index (κ2) is 7.13. The highest BCUT2D eigenvalue weighted by Crippen LogP contribution is 2.32. The van der Waals surface area contributed by atoms with Crippen LogP contribution in [-0.2, 0) is 16.4 Å². The van der Waals surface area contributed by atoms with Gasteiger partial charge in [0, 0.05) is 23.4 Å². The van der Waals surface area contributed by atoms with Gasteiger partial charge in [0.2, 0.25) is 10.0 Å². The highest BCUT2D eigenvalue weighted by molar-refractivity contribution is 7.92. The molecular formula is C22H20N2O3S. The third-order valence-corrected chi connectivity index (χ3v) is 6.03. The van der Waals surface area contributed by atoms with E-state index in [-0.39, 0.29) is 5.91 Å². The summed E-state index contributed by atoms with van der Waals surface area (Å²) < 4.78 is 25.1. The third kappa shape index (κ3) is 3.51. The number of carbonyl (C=O) groups is 1. The first-order valence-electron chi connectivity index (χ1n) is 9.00. The lowest BCUT2D eigenvalue weighted by atomic mass is 10.0.